The van der Waals surface area contributed by atoms with Gasteiger partial charge in [-0.3, -0.25) is 0 Å². The van der Waals surface area contributed by atoms with Gasteiger partial charge in [-0.1, -0.05) is 74.5 Å². The summed E-state index contributed by atoms with van der Waals surface area (Å²) in [6.45, 7) is 4.60. The number of furan rings is 1. The Balaban J connectivity index is 1.22. The van der Waals surface area contributed by atoms with Gasteiger partial charge in [0, 0.05) is 38.8 Å². The van der Waals surface area contributed by atoms with E-state index in [0.717, 1.165) is 55.7 Å². The lowest BCUT2D eigenvalue weighted by Crippen LogP contribution is -2.15. The molecule has 0 saturated heterocycles. The third-order valence-corrected chi connectivity index (χ3v) is 9.08. The average molecular weight is 569 g/mol. The van der Waals surface area contributed by atoms with Gasteiger partial charge in [0.1, 0.15) is 16.7 Å². The van der Waals surface area contributed by atoms with E-state index in [1.54, 1.807) is 0 Å². The lowest BCUT2D eigenvalue weighted by molar-refractivity contribution is 0.619. The number of fused-ring (bicyclic) bond motifs is 7. The van der Waals surface area contributed by atoms with E-state index in [4.69, 9.17) is 13.8 Å². The lowest BCUT2D eigenvalue weighted by atomic mass is 9.82. The summed E-state index contributed by atoms with van der Waals surface area (Å²) in [5.41, 5.74) is 12.5. The van der Waals surface area contributed by atoms with Crippen molar-refractivity contribution in [3.8, 4) is 22.6 Å². The van der Waals surface area contributed by atoms with Crippen LogP contribution in [0.3, 0.4) is 0 Å². The molecule has 0 bridgehead atoms. The van der Waals surface area contributed by atoms with Crippen molar-refractivity contribution in [1.29, 1.82) is 0 Å². The Labute approximate surface area is 254 Å². The SMILES string of the molecule is CC1(C)c2ccc(N(c3ccccc3)c3ccc4oc5ccccc5c4c3)cc2-c2cc3oc(-c4ccccc4)nc3cc21. The van der Waals surface area contributed by atoms with Gasteiger partial charge in [0.15, 0.2) is 5.58 Å². The summed E-state index contributed by atoms with van der Waals surface area (Å²) in [6, 6.07) is 46.6. The van der Waals surface area contributed by atoms with Gasteiger partial charge in [-0.2, -0.15) is 0 Å². The highest BCUT2D eigenvalue weighted by Gasteiger charge is 2.37. The van der Waals surface area contributed by atoms with Gasteiger partial charge in [0.25, 0.3) is 0 Å². The van der Waals surface area contributed by atoms with Crippen molar-refractivity contribution in [1.82, 2.24) is 4.98 Å². The van der Waals surface area contributed by atoms with Crippen LogP contribution in [0.4, 0.5) is 17.1 Å². The van der Waals surface area contributed by atoms with Crippen LogP contribution in [0.5, 0.6) is 0 Å². The molecule has 0 atom stereocenters. The van der Waals surface area contributed by atoms with E-state index < -0.39 is 0 Å². The lowest BCUT2D eigenvalue weighted by Gasteiger charge is -2.27. The zero-order valence-electron chi connectivity index (χ0n) is 24.4. The summed E-state index contributed by atoms with van der Waals surface area (Å²) >= 11 is 0. The number of hydrogen-bond donors (Lipinski definition) is 0. The van der Waals surface area contributed by atoms with Gasteiger partial charge in [-0.05, 0) is 95.1 Å². The molecule has 8 aromatic rings. The van der Waals surface area contributed by atoms with E-state index in [-0.39, 0.29) is 5.41 Å². The van der Waals surface area contributed by atoms with Gasteiger partial charge in [-0.15, -0.1) is 0 Å². The van der Waals surface area contributed by atoms with E-state index >= 15 is 0 Å². The minimum Gasteiger partial charge on any atom is -0.456 e. The van der Waals surface area contributed by atoms with Gasteiger partial charge < -0.3 is 13.7 Å². The number of anilines is 3. The highest BCUT2D eigenvalue weighted by atomic mass is 16.3. The summed E-state index contributed by atoms with van der Waals surface area (Å²) in [7, 11) is 0. The van der Waals surface area contributed by atoms with Crippen LogP contribution in [0.2, 0.25) is 0 Å². The first-order valence-electron chi connectivity index (χ1n) is 15.0. The van der Waals surface area contributed by atoms with Crippen molar-refractivity contribution < 1.29 is 8.83 Å². The Bertz CT molecular complexity index is 2360. The van der Waals surface area contributed by atoms with Crippen molar-refractivity contribution in [2.45, 2.75) is 19.3 Å². The number of oxazole rings is 1. The number of aromatic nitrogens is 1. The standard InChI is InChI=1S/C40H28N2O2/c1-40(2)33-19-17-27(21-30(33)31-23-38-35(24-34(31)40)41-39(44-38)25-11-5-3-6-12-25)42(26-13-7-4-8-14-26)28-18-20-37-32(22-28)29-15-9-10-16-36(29)43-37/h3-24H,1-2H3. The van der Waals surface area contributed by atoms with Gasteiger partial charge in [-0.25, -0.2) is 4.98 Å². The number of rotatable bonds is 4. The van der Waals surface area contributed by atoms with Crippen molar-refractivity contribution >= 4 is 50.1 Å². The molecule has 0 saturated carbocycles. The molecule has 0 N–H and O–H groups in total. The topological polar surface area (TPSA) is 42.4 Å². The smallest absolute Gasteiger partial charge is 0.227 e. The second kappa shape index (κ2) is 9.19. The molecule has 6 aromatic carbocycles. The van der Waals surface area contributed by atoms with E-state index in [1.807, 2.05) is 42.5 Å². The van der Waals surface area contributed by atoms with Crippen LogP contribution in [0.25, 0.3) is 55.6 Å². The fraction of sp³-hybridized carbons (Fsp3) is 0.0750. The van der Waals surface area contributed by atoms with Crippen molar-refractivity contribution in [2.75, 3.05) is 4.90 Å². The van der Waals surface area contributed by atoms with Crippen LogP contribution in [-0.4, -0.2) is 4.98 Å². The van der Waals surface area contributed by atoms with Crippen LogP contribution in [0.1, 0.15) is 25.0 Å². The van der Waals surface area contributed by atoms with E-state index in [0.29, 0.717) is 5.89 Å². The van der Waals surface area contributed by atoms with Crippen molar-refractivity contribution in [2.24, 2.45) is 0 Å². The van der Waals surface area contributed by atoms with Gasteiger partial charge in [0.2, 0.25) is 5.89 Å². The first-order valence-corrected chi connectivity index (χ1v) is 15.0. The monoisotopic (exact) mass is 568 g/mol. The molecule has 1 aliphatic rings. The first kappa shape index (κ1) is 24.9. The Kier molecular flexibility index (Phi) is 5.21. The minimum atomic E-state index is -0.171. The normalized spacial score (nSPS) is 13.4. The molecule has 2 heterocycles. The van der Waals surface area contributed by atoms with Gasteiger partial charge in [0.05, 0.1) is 0 Å². The largest absolute Gasteiger partial charge is 0.456 e. The minimum absolute atomic E-state index is 0.171. The van der Waals surface area contributed by atoms with E-state index in [1.165, 1.54) is 22.3 Å². The second-order valence-corrected chi connectivity index (χ2v) is 12.1. The summed E-state index contributed by atoms with van der Waals surface area (Å²) in [5, 5.41) is 2.22. The third kappa shape index (κ3) is 3.67. The maximum absolute atomic E-state index is 6.32. The van der Waals surface area contributed by atoms with Crippen LogP contribution in [0.15, 0.2) is 142 Å². The Morgan fingerprint density at radius 3 is 2.05 bits per heavy atom. The Morgan fingerprint density at radius 1 is 0.523 bits per heavy atom. The zero-order chi connectivity index (χ0) is 29.4. The number of nitrogens with zero attached hydrogens (tertiary/aromatic N) is 2. The molecule has 0 unspecified atom stereocenters. The van der Waals surface area contributed by atoms with Crippen LogP contribution in [-0.2, 0) is 5.41 Å². The predicted octanol–water partition coefficient (Wildman–Crippen LogP) is 11.2. The molecule has 0 fully saturated rings. The maximum atomic E-state index is 6.32. The molecule has 1 aliphatic carbocycles. The highest BCUT2D eigenvalue weighted by molar-refractivity contribution is 6.06. The number of hydrogen-bond acceptors (Lipinski definition) is 4. The average Bonchev–Trinajstić information content (AvgIpc) is 3.71. The molecule has 0 aliphatic heterocycles. The number of para-hydroxylation sites is 2. The fourth-order valence-electron chi connectivity index (χ4n) is 6.88. The predicted molar refractivity (Wildman–Crippen MR) is 179 cm³/mol. The highest BCUT2D eigenvalue weighted by Crippen LogP contribution is 2.52. The summed E-state index contributed by atoms with van der Waals surface area (Å²) < 4.78 is 12.5. The van der Waals surface area contributed by atoms with Gasteiger partial charge >= 0.3 is 0 Å². The van der Waals surface area contributed by atoms with Crippen LogP contribution >= 0.6 is 0 Å². The third-order valence-electron chi connectivity index (χ3n) is 9.08. The molecular formula is C40H28N2O2. The zero-order valence-corrected chi connectivity index (χ0v) is 24.4. The Morgan fingerprint density at radius 2 is 1.20 bits per heavy atom. The molecule has 0 radical (unpaired) electrons. The summed E-state index contributed by atoms with van der Waals surface area (Å²) in [4.78, 5) is 7.20. The van der Waals surface area contributed by atoms with Crippen molar-refractivity contribution in [3.63, 3.8) is 0 Å². The maximum Gasteiger partial charge on any atom is 0.227 e. The van der Waals surface area contributed by atoms with Crippen LogP contribution in [0, 0.1) is 0 Å². The molecular weight excluding hydrogens is 540 g/mol. The second-order valence-electron chi connectivity index (χ2n) is 12.1. The quantitative estimate of drug-likeness (QED) is 0.212. The molecule has 0 spiro atoms. The molecule has 0 amide bonds. The Hall–Kier alpha value is -5.61. The number of benzene rings is 6. The summed E-state index contributed by atoms with van der Waals surface area (Å²) in [5.74, 6) is 0.647. The molecule has 4 heteroatoms. The summed E-state index contributed by atoms with van der Waals surface area (Å²) in [6.07, 6.45) is 0. The fourth-order valence-corrected chi connectivity index (χ4v) is 6.88. The molecule has 210 valence electrons. The molecule has 4 nitrogen and oxygen atoms in total. The molecule has 44 heavy (non-hydrogen) atoms. The molecule has 2 aromatic heterocycles. The van der Waals surface area contributed by atoms with E-state index in [2.05, 4.69) is 110 Å². The van der Waals surface area contributed by atoms with Crippen molar-refractivity contribution in [3.05, 3.63) is 145 Å². The van der Waals surface area contributed by atoms with Crippen LogP contribution < -0.4 is 4.90 Å². The molecule has 9 rings (SSSR count). The first-order chi connectivity index (χ1) is 21.5. The van der Waals surface area contributed by atoms with E-state index in [9.17, 15) is 0 Å².